The molecular weight excluding hydrogens is 408 g/mol. The van der Waals surface area contributed by atoms with Gasteiger partial charge in [-0.3, -0.25) is 9.48 Å². The summed E-state index contributed by atoms with van der Waals surface area (Å²) in [5, 5.41) is 7.51. The summed E-state index contributed by atoms with van der Waals surface area (Å²) in [6.45, 7) is 9.39. The van der Waals surface area contributed by atoms with Crippen molar-refractivity contribution in [2.75, 3.05) is 37.7 Å². The minimum absolute atomic E-state index is 0.0322. The fourth-order valence-corrected chi connectivity index (χ4v) is 4.16. The Bertz CT molecular complexity index is 1000. The number of aromatic nitrogens is 2. The molecule has 0 radical (unpaired) electrons. The molecular formula is C23H32N6O3. The molecule has 0 aliphatic carbocycles. The average Bonchev–Trinajstić information content (AvgIpc) is 3.35. The number of guanidine groups is 1. The van der Waals surface area contributed by atoms with Gasteiger partial charge in [0.15, 0.2) is 5.96 Å². The van der Waals surface area contributed by atoms with Crippen LogP contribution in [0.3, 0.4) is 0 Å². The second-order valence-electron chi connectivity index (χ2n) is 8.14. The van der Waals surface area contributed by atoms with Crippen LogP contribution in [0.15, 0.2) is 29.5 Å². The van der Waals surface area contributed by atoms with Crippen molar-refractivity contribution in [1.82, 2.24) is 20.0 Å². The van der Waals surface area contributed by atoms with Crippen LogP contribution in [-0.4, -0.2) is 65.4 Å². The number of carbonyl (C=O) groups excluding carboxylic acids is 1. The minimum Gasteiger partial charge on any atom is -0.494 e. The molecule has 1 fully saturated rings. The molecule has 1 saturated heterocycles. The molecule has 32 heavy (non-hydrogen) atoms. The molecule has 2 aromatic rings. The first-order valence-electron chi connectivity index (χ1n) is 11.3. The highest BCUT2D eigenvalue weighted by Gasteiger charge is 2.28. The van der Waals surface area contributed by atoms with Crippen LogP contribution in [0.1, 0.15) is 31.9 Å². The molecule has 3 heterocycles. The van der Waals surface area contributed by atoms with Gasteiger partial charge in [0.1, 0.15) is 24.1 Å². The molecule has 2 aliphatic heterocycles. The number of aryl methyl sites for hydroxylation is 1. The molecule has 2 aliphatic rings. The number of fused-ring (bicyclic) bond motifs is 1. The van der Waals surface area contributed by atoms with Crippen LogP contribution in [-0.2, 0) is 24.8 Å². The van der Waals surface area contributed by atoms with Crippen molar-refractivity contribution < 1.29 is 14.3 Å². The van der Waals surface area contributed by atoms with Gasteiger partial charge in [-0.05, 0) is 32.9 Å². The normalized spacial score (nSPS) is 18.6. The van der Waals surface area contributed by atoms with E-state index in [-0.39, 0.29) is 18.6 Å². The van der Waals surface area contributed by atoms with Gasteiger partial charge in [0, 0.05) is 50.4 Å². The van der Waals surface area contributed by atoms with Crippen LogP contribution in [0, 0.1) is 0 Å². The van der Waals surface area contributed by atoms with Crippen LogP contribution in [0.5, 0.6) is 11.5 Å². The summed E-state index contributed by atoms with van der Waals surface area (Å²) in [5.41, 5.74) is 2.99. The molecule has 1 N–H and O–H groups in total. The van der Waals surface area contributed by atoms with E-state index < -0.39 is 0 Å². The van der Waals surface area contributed by atoms with E-state index in [0.717, 1.165) is 41.7 Å². The Morgan fingerprint density at radius 2 is 2.19 bits per heavy atom. The number of benzene rings is 1. The number of carbonyl (C=O) groups is 1. The van der Waals surface area contributed by atoms with Gasteiger partial charge in [-0.2, -0.15) is 5.10 Å². The number of amides is 1. The molecule has 0 spiro atoms. The molecule has 1 amide bonds. The monoisotopic (exact) mass is 440 g/mol. The molecule has 1 atom stereocenters. The molecule has 1 aromatic heterocycles. The van der Waals surface area contributed by atoms with Gasteiger partial charge < -0.3 is 24.6 Å². The number of aliphatic imine (C=N–C) groups is 1. The van der Waals surface area contributed by atoms with E-state index in [2.05, 4.69) is 23.4 Å². The third kappa shape index (κ3) is 4.66. The van der Waals surface area contributed by atoms with Crippen molar-refractivity contribution in [3.8, 4) is 11.5 Å². The zero-order valence-electron chi connectivity index (χ0n) is 19.3. The number of hydrogen-bond donors (Lipinski definition) is 1. The predicted molar refractivity (Wildman–Crippen MR) is 123 cm³/mol. The summed E-state index contributed by atoms with van der Waals surface area (Å²) in [6.07, 6.45) is 4.65. The van der Waals surface area contributed by atoms with E-state index in [9.17, 15) is 4.79 Å². The van der Waals surface area contributed by atoms with Crippen molar-refractivity contribution in [2.45, 2.75) is 39.8 Å². The highest BCUT2D eigenvalue weighted by atomic mass is 16.5. The lowest BCUT2D eigenvalue weighted by Crippen LogP contribution is -2.55. The molecule has 9 heteroatoms. The van der Waals surface area contributed by atoms with Crippen LogP contribution in [0.2, 0.25) is 0 Å². The van der Waals surface area contributed by atoms with Crippen molar-refractivity contribution in [3.63, 3.8) is 0 Å². The minimum atomic E-state index is 0.0322. The van der Waals surface area contributed by atoms with Gasteiger partial charge in [-0.25, -0.2) is 4.99 Å². The number of ether oxygens (including phenoxy) is 2. The first-order chi connectivity index (χ1) is 15.5. The standard InChI is InChI=1S/C23H32N6O3/c1-5-24-23(28-7-8-29(22(30)15-28)19-13-26-27(4)14-19)25-12-18-11-21-17(9-16(3)32-21)10-20(18)31-6-2/h10-11,13-14,16H,5-9,12,15H2,1-4H3,(H,24,25). The highest BCUT2D eigenvalue weighted by molar-refractivity contribution is 5.98. The highest BCUT2D eigenvalue weighted by Crippen LogP contribution is 2.35. The third-order valence-electron chi connectivity index (χ3n) is 5.64. The van der Waals surface area contributed by atoms with E-state index in [1.807, 2.05) is 38.1 Å². The number of rotatable bonds is 6. The second-order valence-corrected chi connectivity index (χ2v) is 8.14. The molecule has 1 aromatic carbocycles. The summed E-state index contributed by atoms with van der Waals surface area (Å²) in [5.74, 6) is 2.52. The third-order valence-corrected chi connectivity index (χ3v) is 5.64. The van der Waals surface area contributed by atoms with Crippen molar-refractivity contribution >= 4 is 17.6 Å². The SMILES string of the molecule is CCNC(=NCc1cc2c(cc1OCC)CC(C)O2)N1CCN(c2cnn(C)c2)C(=O)C1. The first kappa shape index (κ1) is 22.0. The maximum atomic E-state index is 12.8. The van der Waals surface area contributed by atoms with Crippen LogP contribution < -0.4 is 19.7 Å². The zero-order chi connectivity index (χ0) is 22.7. The second kappa shape index (κ2) is 9.50. The van der Waals surface area contributed by atoms with E-state index in [1.165, 1.54) is 5.56 Å². The summed E-state index contributed by atoms with van der Waals surface area (Å²) >= 11 is 0. The van der Waals surface area contributed by atoms with Crippen LogP contribution in [0.4, 0.5) is 5.69 Å². The maximum Gasteiger partial charge on any atom is 0.246 e. The fraction of sp³-hybridized carbons (Fsp3) is 0.522. The Labute approximate surface area is 189 Å². The van der Waals surface area contributed by atoms with Crippen molar-refractivity contribution in [1.29, 1.82) is 0 Å². The average molecular weight is 441 g/mol. The Morgan fingerprint density at radius 3 is 2.88 bits per heavy atom. The smallest absolute Gasteiger partial charge is 0.246 e. The van der Waals surface area contributed by atoms with Gasteiger partial charge in [-0.15, -0.1) is 0 Å². The molecule has 4 rings (SSSR count). The van der Waals surface area contributed by atoms with Crippen molar-refractivity contribution in [3.05, 3.63) is 35.7 Å². The summed E-state index contributed by atoms with van der Waals surface area (Å²) in [7, 11) is 1.85. The summed E-state index contributed by atoms with van der Waals surface area (Å²) in [4.78, 5) is 21.4. The quantitative estimate of drug-likeness (QED) is 0.546. The number of hydrogen-bond acceptors (Lipinski definition) is 5. The van der Waals surface area contributed by atoms with E-state index in [0.29, 0.717) is 26.2 Å². The maximum absolute atomic E-state index is 12.8. The van der Waals surface area contributed by atoms with Crippen molar-refractivity contribution in [2.24, 2.45) is 12.0 Å². The summed E-state index contributed by atoms with van der Waals surface area (Å²) in [6, 6.07) is 4.12. The largest absolute Gasteiger partial charge is 0.494 e. The van der Waals surface area contributed by atoms with E-state index in [4.69, 9.17) is 14.5 Å². The first-order valence-corrected chi connectivity index (χ1v) is 11.3. The molecule has 1 unspecified atom stereocenters. The van der Waals surface area contributed by atoms with E-state index >= 15 is 0 Å². The summed E-state index contributed by atoms with van der Waals surface area (Å²) < 4.78 is 13.5. The zero-order valence-corrected chi connectivity index (χ0v) is 19.3. The molecule has 9 nitrogen and oxygen atoms in total. The molecule has 0 bridgehead atoms. The molecule has 0 saturated carbocycles. The number of piperazine rings is 1. The Morgan fingerprint density at radius 1 is 1.34 bits per heavy atom. The van der Waals surface area contributed by atoms with Gasteiger partial charge in [-0.1, -0.05) is 0 Å². The Balaban J connectivity index is 1.50. The Hall–Kier alpha value is -3.23. The lowest BCUT2D eigenvalue weighted by Gasteiger charge is -2.35. The van der Waals surface area contributed by atoms with Crippen LogP contribution >= 0.6 is 0 Å². The lowest BCUT2D eigenvalue weighted by molar-refractivity contribution is -0.120. The number of anilines is 1. The van der Waals surface area contributed by atoms with E-state index in [1.54, 1.807) is 15.8 Å². The Kier molecular flexibility index (Phi) is 6.53. The lowest BCUT2D eigenvalue weighted by atomic mass is 10.1. The van der Waals surface area contributed by atoms with Crippen LogP contribution in [0.25, 0.3) is 0 Å². The molecule has 172 valence electrons. The number of nitrogens with one attached hydrogen (secondary N) is 1. The topological polar surface area (TPSA) is 84.2 Å². The van der Waals surface area contributed by atoms with Gasteiger partial charge in [0.05, 0.1) is 25.0 Å². The van der Waals surface area contributed by atoms with Gasteiger partial charge in [0.25, 0.3) is 0 Å². The predicted octanol–water partition coefficient (Wildman–Crippen LogP) is 1.96. The number of nitrogens with zero attached hydrogens (tertiary/aromatic N) is 5. The van der Waals surface area contributed by atoms with Gasteiger partial charge in [0.2, 0.25) is 5.91 Å². The fourth-order valence-electron chi connectivity index (χ4n) is 4.16. The van der Waals surface area contributed by atoms with Gasteiger partial charge >= 0.3 is 0 Å².